The van der Waals surface area contributed by atoms with Gasteiger partial charge in [0, 0.05) is 11.1 Å². The normalized spacial score (nSPS) is 16.7. The van der Waals surface area contributed by atoms with Crippen molar-refractivity contribution in [1.82, 2.24) is 10.3 Å². The van der Waals surface area contributed by atoms with Crippen LogP contribution in [-0.4, -0.2) is 36.4 Å². The van der Waals surface area contributed by atoms with Gasteiger partial charge in [-0.15, -0.1) is 0 Å². The Morgan fingerprint density at radius 3 is 2.60 bits per heavy atom. The Hall–Kier alpha value is -2.24. The van der Waals surface area contributed by atoms with Crippen LogP contribution in [0.25, 0.3) is 11.3 Å². The molecule has 1 N–H and O–H groups in total. The van der Waals surface area contributed by atoms with E-state index in [0.717, 1.165) is 30.5 Å². The number of aromatic nitrogens is 1. The number of nitrogens with zero attached hydrogens (tertiary/aromatic N) is 1. The molecule has 0 unspecified atom stereocenters. The lowest BCUT2D eigenvalue weighted by atomic mass is 9.99. The molecule has 1 fully saturated rings. The Morgan fingerprint density at radius 2 is 2.00 bits per heavy atom. The molecule has 1 aliphatic heterocycles. The molecule has 1 aliphatic rings. The lowest BCUT2D eigenvalue weighted by molar-refractivity contribution is 0.0594. The van der Waals surface area contributed by atoms with Gasteiger partial charge >= 0.3 is 5.97 Å². The Morgan fingerprint density at radius 1 is 1.28 bits per heavy atom. The highest BCUT2D eigenvalue weighted by Crippen LogP contribution is 2.29. The second-order valence-electron chi connectivity index (χ2n) is 6.09. The van der Waals surface area contributed by atoms with Gasteiger partial charge in [0.05, 0.1) is 23.9 Å². The van der Waals surface area contributed by atoms with Crippen LogP contribution in [0.2, 0.25) is 5.02 Å². The summed E-state index contributed by atoms with van der Waals surface area (Å²) in [6.07, 6.45) is 1.69. The highest BCUT2D eigenvalue weighted by molar-refractivity contribution is 6.36. The molecule has 6 heteroatoms. The number of pyridine rings is 1. The van der Waals surface area contributed by atoms with E-state index in [1.165, 1.54) is 7.11 Å². The van der Waals surface area contributed by atoms with Crippen LogP contribution < -0.4 is 5.32 Å². The molecular formula is C19H19ClN2O3. The quantitative estimate of drug-likeness (QED) is 0.670. The number of nitrogens with one attached hydrogen (secondary N) is 1. The third-order valence-corrected chi connectivity index (χ3v) is 4.71. The summed E-state index contributed by atoms with van der Waals surface area (Å²) >= 11 is 6.33. The number of ether oxygens (including phenoxy) is 1. The summed E-state index contributed by atoms with van der Waals surface area (Å²) in [6.45, 7) is 2.79. The summed E-state index contributed by atoms with van der Waals surface area (Å²) in [4.78, 5) is 29.2. The second-order valence-corrected chi connectivity index (χ2v) is 6.47. The van der Waals surface area contributed by atoms with Crippen LogP contribution in [0.3, 0.4) is 0 Å². The number of hydrogen-bond acceptors (Lipinski definition) is 5. The first-order valence-electron chi connectivity index (χ1n) is 8.14. The predicted octanol–water partition coefficient (Wildman–Crippen LogP) is 3.43. The van der Waals surface area contributed by atoms with Crippen molar-refractivity contribution in [2.75, 3.05) is 13.7 Å². The van der Waals surface area contributed by atoms with E-state index < -0.39 is 5.97 Å². The van der Waals surface area contributed by atoms with Gasteiger partial charge in [-0.3, -0.25) is 4.79 Å². The molecule has 0 spiro atoms. The minimum Gasteiger partial charge on any atom is -0.464 e. The van der Waals surface area contributed by atoms with E-state index in [2.05, 4.69) is 10.3 Å². The average molecular weight is 359 g/mol. The van der Waals surface area contributed by atoms with E-state index >= 15 is 0 Å². The third-order valence-electron chi connectivity index (χ3n) is 4.33. The van der Waals surface area contributed by atoms with E-state index in [1.807, 2.05) is 31.2 Å². The fraction of sp³-hybridized carbons (Fsp3) is 0.316. The molecule has 0 bridgehead atoms. The molecule has 0 radical (unpaired) electrons. The SMILES string of the molecule is COC(=O)c1nc(-c2ccc(C)cc2)cc(C(=O)[C@H]2CCCN2)c1Cl. The molecule has 2 heterocycles. The maximum absolute atomic E-state index is 12.8. The standard InChI is InChI=1S/C19H19ClN2O3/c1-11-5-7-12(8-6-11)15-10-13(18(23)14-4-3-9-21-14)16(20)17(22-15)19(24)25-2/h5-8,10,14,21H,3-4,9H2,1-2H3/t14-/m1/s1. The predicted molar refractivity (Wildman–Crippen MR) is 96.1 cm³/mol. The van der Waals surface area contributed by atoms with Crippen LogP contribution in [0.5, 0.6) is 0 Å². The Labute approximate surface area is 151 Å². The zero-order chi connectivity index (χ0) is 18.0. The van der Waals surface area contributed by atoms with Gasteiger partial charge in [-0.1, -0.05) is 41.4 Å². The third kappa shape index (κ3) is 3.57. The highest BCUT2D eigenvalue weighted by Gasteiger charge is 2.28. The lowest BCUT2D eigenvalue weighted by Gasteiger charge is -2.14. The summed E-state index contributed by atoms with van der Waals surface area (Å²) in [7, 11) is 1.26. The number of methoxy groups -OCH3 is 1. The summed E-state index contributed by atoms with van der Waals surface area (Å²) in [5.41, 5.74) is 2.69. The zero-order valence-corrected chi connectivity index (χ0v) is 14.9. The number of Topliss-reactive ketones (excluding diaryl/α,β-unsaturated/α-hetero) is 1. The number of hydrogen-bond donors (Lipinski definition) is 1. The van der Waals surface area contributed by atoms with E-state index in [9.17, 15) is 9.59 Å². The summed E-state index contributed by atoms with van der Waals surface area (Å²) in [5.74, 6) is -0.782. The van der Waals surface area contributed by atoms with Crippen LogP contribution in [0.4, 0.5) is 0 Å². The van der Waals surface area contributed by atoms with Gasteiger partial charge in [-0.2, -0.15) is 0 Å². The number of esters is 1. The zero-order valence-electron chi connectivity index (χ0n) is 14.1. The highest BCUT2D eigenvalue weighted by atomic mass is 35.5. The molecule has 25 heavy (non-hydrogen) atoms. The smallest absolute Gasteiger partial charge is 0.358 e. The maximum atomic E-state index is 12.8. The van der Waals surface area contributed by atoms with Gasteiger partial charge < -0.3 is 10.1 Å². The number of benzene rings is 1. The summed E-state index contributed by atoms with van der Waals surface area (Å²) in [5, 5.41) is 3.21. The number of aryl methyl sites for hydroxylation is 1. The van der Waals surface area contributed by atoms with E-state index in [-0.39, 0.29) is 22.5 Å². The van der Waals surface area contributed by atoms with Gasteiger partial charge in [0.15, 0.2) is 11.5 Å². The Kier molecular flexibility index (Phi) is 5.16. The minimum absolute atomic E-state index is 0.0383. The molecule has 3 rings (SSSR count). The number of halogens is 1. The number of carbonyl (C=O) groups excluding carboxylic acids is 2. The van der Waals surface area contributed by atoms with Crippen molar-refractivity contribution in [2.45, 2.75) is 25.8 Å². The number of ketones is 1. The molecule has 1 aromatic carbocycles. The summed E-state index contributed by atoms with van der Waals surface area (Å²) in [6, 6.07) is 9.06. The first kappa shape index (κ1) is 17.6. The first-order valence-corrected chi connectivity index (χ1v) is 8.52. The van der Waals surface area contributed by atoms with Gasteiger partial charge in [-0.25, -0.2) is 9.78 Å². The van der Waals surface area contributed by atoms with Crippen LogP contribution in [0, 0.1) is 6.92 Å². The molecule has 1 saturated heterocycles. The van der Waals surface area contributed by atoms with Crippen molar-refractivity contribution in [1.29, 1.82) is 0 Å². The second kappa shape index (κ2) is 7.33. The topological polar surface area (TPSA) is 68.3 Å². The van der Waals surface area contributed by atoms with Gasteiger partial charge in [0.2, 0.25) is 0 Å². The molecule has 5 nitrogen and oxygen atoms in total. The first-order chi connectivity index (χ1) is 12.0. The number of rotatable bonds is 4. The minimum atomic E-state index is -0.660. The van der Waals surface area contributed by atoms with Crippen molar-refractivity contribution in [3.63, 3.8) is 0 Å². The van der Waals surface area contributed by atoms with E-state index in [0.29, 0.717) is 11.3 Å². The molecule has 0 saturated carbocycles. The van der Waals surface area contributed by atoms with Crippen LogP contribution in [0.1, 0.15) is 39.3 Å². The van der Waals surface area contributed by atoms with Gasteiger partial charge in [0.25, 0.3) is 0 Å². The van der Waals surface area contributed by atoms with Crippen molar-refractivity contribution < 1.29 is 14.3 Å². The summed E-state index contributed by atoms with van der Waals surface area (Å²) < 4.78 is 4.77. The maximum Gasteiger partial charge on any atom is 0.358 e. The van der Waals surface area contributed by atoms with Crippen LogP contribution >= 0.6 is 11.6 Å². The van der Waals surface area contributed by atoms with E-state index in [1.54, 1.807) is 6.07 Å². The van der Waals surface area contributed by atoms with Crippen molar-refractivity contribution in [3.05, 3.63) is 52.2 Å². The fourth-order valence-corrected chi connectivity index (χ4v) is 3.18. The Balaban J connectivity index is 2.12. The molecular weight excluding hydrogens is 340 g/mol. The van der Waals surface area contributed by atoms with E-state index in [4.69, 9.17) is 16.3 Å². The molecule has 0 amide bonds. The van der Waals surface area contributed by atoms with Gasteiger partial charge in [0.1, 0.15) is 0 Å². The monoisotopic (exact) mass is 358 g/mol. The van der Waals surface area contributed by atoms with Gasteiger partial charge in [-0.05, 0) is 32.4 Å². The molecule has 0 aliphatic carbocycles. The molecule has 1 atom stereocenters. The number of carbonyl (C=O) groups is 2. The lowest BCUT2D eigenvalue weighted by Crippen LogP contribution is -2.31. The molecule has 2 aromatic rings. The van der Waals surface area contributed by atoms with Crippen molar-refractivity contribution in [3.8, 4) is 11.3 Å². The Bertz CT molecular complexity index is 812. The van der Waals surface area contributed by atoms with Crippen molar-refractivity contribution in [2.24, 2.45) is 0 Å². The fourth-order valence-electron chi connectivity index (χ4n) is 2.91. The van der Waals surface area contributed by atoms with Crippen LogP contribution in [-0.2, 0) is 4.74 Å². The molecule has 130 valence electrons. The van der Waals surface area contributed by atoms with Crippen LogP contribution in [0.15, 0.2) is 30.3 Å². The van der Waals surface area contributed by atoms with Crippen molar-refractivity contribution >= 4 is 23.4 Å². The average Bonchev–Trinajstić information content (AvgIpc) is 3.16. The largest absolute Gasteiger partial charge is 0.464 e. The molecule has 1 aromatic heterocycles.